The molecule has 3 unspecified atom stereocenters. The average Bonchev–Trinajstić information content (AvgIpc) is 2.35. The number of rotatable bonds is 2. The van der Waals surface area contributed by atoms with Crippen LogP contribution in [0, 0.1) is 5.92 Å². The lowest BCUT2D eigenvalue weighted by Gasteiger charge is -2.46. The number of carbonyl (C=O) groups excluding carboxylic acids is 2. The number of carbonyl (C=O) groups is 2. The smallest absolute Gasteiger partial charge is 0.336 e. The van der Waals surface area contributed by atoms with E-state index in [1.165, 1.54) is 4.90 Å². The van der Waals surface area contributed by atoms with Crippen molar-refractivity contribution in [3.8, 4) is 0 Å². The fourth-order valence-electron chi connectivity index (χ4n) is 2.17. The van der Waals surface area contributed by atoms with Gasteiger partial charge < -0.3 is 9.84 Å². The standard InChI is InChI=1S/C10H15NO4/c1-5(2)8(13)11-7(12)4-6-10(11,3)9(14)15-6/h5-6,8,13H,4H2,1-3H3. The van der Waals surface area contributed by atoms with Gasteiger partial charge in [-0.25, -0.2) is 4.79 Å². The lowest BCUT2D eigenvalue weighted by atomic mass is 9.89. The van der Waals surface area contributed by atoms with Crippen molar-refractivity contribution in [1.82, 2.24) is 4.90 Å². The number of ether oxygens (including phenoxy) is 1. The summed E-state index contributed by atoms with van der Waals surface area (Å²) in [4.78, 5) is 24.3. The summed E-state index contributed by atoms with van der Waals surface area (Å²) in [5.41, 5.74) is -0.944. The van der Waals surface area contributed by atoms with Crippen LogP contribution in [-0.4, -0.2) is 39.8 Å². The quantitative estimate of drug-likeness (QED) is 0.649. The molecule has 5 heteroatoms. The van der Waals surface area contributed by atoms with Crippen LogP contribution in [-0.2, 0) is 14.3 Å². The molecule has 2 rings (SSSR count). The number of amides is 1. The molecular formula is C10H15NO4. The van der Waals surface area contributed by atoms with Gasteiger partial charge in [0, 0.05) is 0 Å². The zero-order chi connectivity index (χ0) is 11.4. The number of aliphatic hydroxyl groups is 1. The van der Waals surface area contributed by atoms with Crippen molar-refractivity contribution in [1.29, 1.82) is 0 Å². The zero-order valence-electron chi connectivity index (χ0n) is 9.06. The minimum absolute atomic E-state index is 0.0991. The van der Waals surface area contributed by atoms with Gasteiger partial charge in [0.2, 0.25) is 5.91 Å². The molecule has 0 spiro atoms. The predicted molar refractivity (Wildman–Crippen MR) is 50.6 cm³/mol. The van der Waals surface area contributed by atoms with Crippen LogP contribution in [0.5, 0.6) is 0 Å². The number of esters is 1. The molecule has 15 heavy (non-hydrogen) atoms. The first-order valence-electron chi connectivity index (χ1n) is 5.10. The normalized spacial score (nSPS) is 36.3. The van der Waals surface area contributed by atoms with Crippen LogP contribution in [0.1, 0.15) is 27.2 Å². The molecule has 2 heterocycles. The van der Waals surface area contributed by atoms with Crippen LogP contribution in [0.25, 0.3) is 0 Å². The van der Waals surface area contributed by atoms with E-state index in [2.05, 4.69) is 0 Å². The zero-order valence-corrected chi connectivity index (χ0v) is 9.06. The van der Waals surface area contributed by atoms with Crippen LogP contribution < -0.4 is 0 Å². The molecule has 0 aromatic carbocycles. The van der Waals surface area contributed by atoms with Crippen molar-refractivity contribution < 1.29 is 19.4 Å². The van der Waals surface area contributed by atoms with Gasteiger partial charge in [0.15, 0.2) is 5.54 Å². The highest BCUT2D eigenvalue weighted by molar-refractivity contribution is 5.97. The third-order valence-electron chi connectivity index (χ3n) is 3.28. The highest BCUT2D eigenvalue weighted by Gasteiger charge is 2.66. The molecule has 2 aliphatic rings. The summed E-state index contributed by atoms with van der Waals surface area (Å²) in [5.74, 6) is -0.731. The van der Waals surface area contributed by atoms with Crippen molar-refractivity contribution in [3.05, 3.63) is 0 Å². The molecule has 2 fully saturated rings. The fraction of sp³-hybridized carbons (Fsp3) is 0.800. The number of nitrogens with zero attached hydrogens (tertiary/aromatic N) is 1. The first-order valence-corrected chi connectivity index (χ1v) is 5.10. The Labute approximate surface area is 88.0 Å². The minimum atomic E-state index is -0.944. The maximum Gasteiger partial charge on any atom is 0.336 e. The van der Waals surface area contributed by atoms with Gasteiger partial charge in [-0.1, -0.05) is 13.8 Å². The molecule has 0 saturated carbocycles. The SMILES string of the molecule is CC(C)C(O)N1C(=O)CC2OC(=O)C21C. The Bertz CT molecular complexity index is 327. The summed E-state index contributed by atoms with van der Waals surface area (Å²) in [6.45, 7) is 5.26. The van der Waals surface area contributed by atoms with Gasteiger partial charge in [0.05, 0.1) is 6.42 Å². The second kappa shape index (κ2) is 2.95. The van der Waals surface area contributed by atoms with Gasteiger partial charge in [-0.15, -0.1) is 0 Å². The molecule has 0 radical (unpaired) electrons. The van der Waals surface area contributed by atoms with Crippen LogP contribution in [0.4, 0.5) is 0 Å². The largest absolute Gasteiger partial charge is 0.457 e. The molecule has 0 aromatic rings. The van der Waals surface area contributed by atoms with Crippen LogP contribution in [0.3, 0.4) is 0 Å². The van der Waals surface area contributed by atoms with Gasteiger partial charge in [-0.3, -0.25) is 9.69 Å². The molecular weight excluding hydrogens is 198 g/mol. The molecule has 2 aliphatic heterocycles. The van der Waals surface area contributed by atoms with Gasteiger partial charge in [0.1, 0.15) is 12.3 Å². The summed E-state index contributed by atoms with van der Waals surface area (Å²) in [5, 5.41) is 9.90. The topological polar surface area (TPSA) is 66.8 Å². The number of aliphatic hydroxyl groups excluding tert-OH is 1. The van der Waals surface area contributed by atoms with Crippen molar-refractivity contribution in [2.45, 2.75) is 45.1 Å². The van der Waals surface area contributed by atoms with Crippen molar-refractivity contribution in [3.63, 3.8) is 0 Å². The van der Waals surface area contributed by atoms with Gasteiger partial charge >= 0.3 is 5.97 Å². The minimum Gasteiger partial charge on any atom is -0.457 e. The molecule has 0 aliphatic carbocycles. The summed E-state index contributed by atoms with van der Waals surface area (Å²) in [6.07, 6.45) is -1.11. The van der Waals surface area contributed by atoms with Crippen molar-refractivity contribution in [2.24, 2.45) is 5.92 Å². The lowest BCUT2D eigenvalue weighted by Crippen LogP contribution is -2.67. The number of likely N-dealkylation sites (tertiary alicyclic amines) is 1. The Balaban J connectivity index is 2.30. The van der Waals surface area contributed by atoms with E-state index in [9.17, 15) is 14.7 Å². The number of hydrogen-bond acceptors (Lipinski definition) is 4. The Kier molecular flexibility index (Phi) is 2.05. The van der Waals surface area contributed by atoms with E-state index in [1.807, 2.05) is 0 Å². The number of hydrogen-bond donors (Lipinski definition) is 1. The molecule has 2 saturated heterocycles. The van der Waals surface area contributed by atoms with Gasteiger partial charge in [0.25, 0.3) is 0 Å². The third kappa shape index (κ3) is 1.13. The molecule has 1 amide bonds. The molecule has 0 bridgehead atoms. The second-order valence-electron chi connectivity index (χ2n) is 4.67. The molecule has 1 N–H and O–H groups in total. The van der Waals surface area contributed by atoms with E-state index in [-0.39, 0.29) is 24.3 Å². The van der Waals surface area contributed by atoms with Gasteiger partial charge in [-0.05, 0) is 12.8 Å². The first-order chi connectivity index (χ1) is 6.89. The highest BCUT2D eigenvalue weighted by atomic mass is 16.6. The van der Waals surface area contributed by atoms with Crippen molar-refractivity contribution >= 4 is 11.9 Å². The summed E-state index contributed by atoms with van der Waals surface area (Å²) < 4.78 is 4.88. The molecule has 0 aromatic heterocycles. The van der Waals surface area contributed by atoms with E-state index in [4.69, 9.17) is 4.74 Å². The summed E-state index contributed by atoms with van der Waals surface area (Å²) in [7, 11) is 0. The summed E-state index contributed by atoms with van der Waals surface area (Å²) >= 11 is 0. The maximum absolute atomic E-state index is 11.7. The van der Waals surface area contributed by atoms with E-state index in [0.29, 0.717) is 0 Å². The third-order valence-corrected chi connectivity index (χ3v) is 3.28. The van der Waals surface area contributed by atoms with Crippen LogP contribution >= 0.6 is 0 Å². The number of fused-ring (bicyclic) bond motifs is 1. The highest BCUT2D eigenvalue weighted by Crippen LogP contribution is 2.43. The monoisotopic (exact) mass is 213 g/mol. The Morgan fingerprint density at radius 1 is 1.53 bits per heavy atom. The maximum atomic E-state index is 11.7. The Morgan fingerprint density at radius 2 is 2.13 bits per heavy atom. The van der Waals surface area contributed by atoms with Gasteiger partial charge in [-0.2, -0.15) is 0 Å². The predicted octanol–water partition coefficient (Wildman–Crippen LogP) is -0.123. The van der Waals surface area contributed by atoms with E-state index in [1.54, 1.807) is 20.8 Å². The fourth-order valence-corrected chi connectivity index (χ4v) is 2.17. The molecule has 84 valence electrons. The average molecular weight is 213 g/mol. The Hall–Kier alpha value is -1.10. The summed E-state index contributed by atoms with van der Waals surface area (Å²) in [6, 6.07) is 0. The molecule has 5 nitrogen and oxygen atoms in total. The van der Waals surface area contributed by atoms with E-state index >= 15 is 0 Å². The Morgan fingerprint density at radius 3 is 2.60 bits per heavy atom. The second-order valence-corrected chi connectivity index (χ2v) is 4.67. The van der Waals surface area contributed by atoms with Crippen molar-refractivity contribution in [2.75, 3.05) is 0 Å². The van der Waals surface area contributed by atoms with Crippen LogP contribution in [0.15, 0.2) is 0 Å². The van der Waals surface area contributed by atoms with Crippen LogP contribution in [0.2, 0.25) is 0 Å². The lowest BCUT2D eigenvalue weighted by molar-refractivity contribution is -0.209. The van der Waals surface area contributed by atoms with E-state index in [0.717, 1.165) is 0 Å². The first kappa shape index (κ1) is 10.4. The molecule has 3 atom stereocenters. The van der Waals surface area contributed by atoms with E-state index < -0.39 is 17.7 Å².